The number of likely N-dealkylation sites (tertiary alicyclic amines) is 1. The van der Waals surface area contributed by atoms with E-state index in [4.69, 9.17) is 0 Å². The van der Waals surface area contributed by atoms with E-state index in [0.29, 0.717) is 12.6 Å². The second-order valence-corrected chi connectivity index (χ2v) is 5.15. The van der Waals surface area contributed by atoms with Gasteiger partial charge in [-0.15, -0.1) is 0 Å². The summed E-state index contributed by atoms with van der Waals surface area (Å²) in [7, 11) is 0. The van der Waals surface area contributed by atoms with Gasteiger partial charge in [0.1, 0.15) is 5.82 Å². The number of hydrogen-bond acceptors (Lipinski definition) is 3. The molecule has 0 spiro atoms. The van der Waals surface area contributed by atoms with Gasteiger partial charge in [0.2, 0.25) is 0 Å². The molecule has 0 saturated carbocycles. The van der Waals surface area contributed by atoms with E-state index in [9.17, 15) is 9.50 Å². The number of aliphatic hydroxyl groups excluding tert-OH is 1. The van der Waals surface area contributed by atoms with Crippen LogP contribution in [0, 0.1) is 5.82 Å². The molecule has 1 aromatic rings. The molecule has 4 heteroatoms. The molecule has 0 radical (unpaired) electrons. The van der Waals surface area contributed by atoms with Crippen LogP contribution in [0.2, 0.25) is 0 Å². The molecule has 0 bridgehead atoms. The van der Waals surface area contributed by atoms with Crippen molar-refractivity contribution in [1.82, 2.24) is 10.2 Å². The van der Waals surface area contributed by atoms with Gasteiger partial charge in [0, 0.05) is 19.1 Å². The van der Waals surface area contributed by atoms with E-state index in [1.54, 1.807) is 12.1 Å². The Bertz CT molecular complexity index is 382. The molecule has 3 nitrogen and oxygen atoms in total. The molecule has 2 N–H and O–H groups in total. The molecule has 2 atom stereocenters. The van der Waals surface area contributed by atoms with E-state index in [0.717, 1.165) is 18.7 Å². The zero-order valence-corrected chi connectivity index (χ0v) is 11.5. The Kier molecular flexibility index (Phi) is 5.31. The molecule has 1 aliphatic rings. The maximum Gasteiger partial charge on any atom is 0.123 e. The number of hydrogen-bond donors (Lipinski definition) is 2. The summed E-state index contributed by atoms with van der Waals surface area (Å²) < 4.78 is 12.8. The highest BCUT2D eigenvalue weighted by atomic mass is 19.1. The molecular weight excluding hydrogens is 243 g/mol. The summed E-state index contributed by atoms with van der Waals surface area (Å²) in [5.74, 6) is -0.270. The number of halogens is 1. The van der Waals surface area contributed by atoms with E-state index >= 15 is 0 Å². The second kappa shape index (κ2) is 6.98. The van der Waals surface area contributed by atoms with Gasteiger partial charge in [-0.1, -0.05) is 19.1 Å². The van der Waals surface area contributed by atoms with Crippen LogP contribution >= 0.6 is 0 Å². The fourth-order valence-electron chi connectivity index (χ4n) is 2.73. The number of benzene rings is 1. The molecule has 1 aliphatic heterocycles. The predicted molar refractivity (Wildman–Crippen MR) is 74.5 cm³/mol. The lowest BCUT2D eigenvalue weighted by molar-refractivity contribution is 0.168. The topological polar surface area (TPSA) is 35.5 Å². The van der Waals surface area contributed by atoms with Crippen LogP contribution in [0.25, 0.3) is 0 Å². The normalized spacial score (nSPS) is 21.7. The molecule has 0 amide bonds. The zero-order chi connectivity index (χ0) is 13.7. The Morgan fingerprint density at radius 2 is 2.16 bits per heavy atom. The highest BCUT2D eigenvalue weighted by molar-refractivity contribution is 5.18. The van der Waals surface area contributed by atoms with Crippen LogP contribution in [0.5, 0.6) is 0 Å². The number of nitrogens with one attached hydrogen (secondary N) is 1. The van der Waals surface area contributed by atoms with Crippen molar-refractivity contribution in [1.29, 1.82) is 0 Å². The van der Waals surface area contributed by atoms with Crippen LogP contribution in [0.15, 0.2) is 24.3 Å². The van der Waals surface area contributed by atoms with Gasteiger partial charge >= 0.3 is 0 Å². The summed E-state index contributed by atoms with van der Waals surface area (Å²) in [6.07, 6.45) is 1.92. The lowest BCUT2D eigenvalue weighted by Gasteiger charge is -2.23. The Morgan fingerprint density at radius 3 is 2.84 bits per heavy atom. The summed E-state index contributed by atoms with van der Waals surface area (Å²) in [5.41, 5.74) is 0.757. The summed E-state index contributed by atoms with van der Waals surface area (Å²) in [6, 6.07) is 6.62. The van der Waals surface area contributed by atoms with Crippen LogP contribution in [-0.2, 0) is 0 Å². The van der Waals surface area contributed by atoms with Crippen molar-refractivity contribution in [3.05, 3.63) is 35.6 Å². The molecule has 0 aliphatic carbocycles. The van der Waals surface area contributed by atoms with E-state index in [-0.39, 0.29) is 5.82 Å². The quantitative estimate of drug-likeness (QED) is 0.826. The average Bonchev–Trinajstić information content (AvgIpc) is 2.87. The smallest absolute Gasteiger partial charge is 0.123 e. The maximum absolute atomic E-state index is 12.8. The number of aliphatic hydroxyl groups is 1. The fraction of sp³-hybridized carbons (Fsp3) is 0.600. The van der Waals surface area contributed by atoms with Crippen molar-refractivity contribution in [3.63, 3.8) is 0 Å². The monoisotopic (exact) mass is 266 g/mol. The molecule has 1 aromatic carbocycles. The van der Waals surface area contributed by atoms with Crippen LogP contribution in [0.4, 0.5) is 4.39 Å². The van der Waals surface area contributed by atoms with Crippen molar-refractivity contribution in [2.75, 3.05) is 26.2 Å². The Hall–Kier alpha value is -0.970. The van der Waals surface area contributed by atoms with Gasteiger partial charge in [-0.05, 0) is 43.6 Å². The third-order valence-corrected chi connectivity index (χ3v) is 3.88. The van der Waals surface area contributed by atoms with Crippen LogP contribution < -0.4 is 5.32 Å². The zero-order valence-electron chi connectivity index (χ0n) is 11.5. The maximum atomic E-state index is 12.8. The largest absolute Gasteiger partial charge is 0.387 e. The summed E-state index contributed by atoms with van der Waals surface area (Å²) >= 11 is 0. The van der Waals surface area contributed by atoms with E-state index in [1.165, 1.54) is 31.5 Å². The molecule has 1 saturated heterocycles. The van der Waals surface area contributed by atoms with E-state index < -0.39 is 6.10 Å². The highest BCUT2D eigenvalue weighted by Gasteiger charge is 2.22. The molecular formula is C15H23FN2O. The third-order valence-electron chi connectivity index (χ3n) is 3.88. The van der Waals surface area contributed by atoms with E-state index in [1.807, 2.05) is 0 Å². The molecule has 1 heterocycles. The van der Waals surface area contributed by atoms with E-state index in [2.05, 4.69) is 17.1 Å². The molecule has 1 fully saturated rings. The Labute approximate surface area is 114 Å². The van der Waals surface area contributed by atoms with Crippen molar-refractivity contribution in [2.24, 2.45) is 0 Å². The Balaban J connectivity index is 1.74. The third kappa shape index (κ3) is 4.00. The predicted octanol–water partition coefficient (Wildman–Crippen LogP) is 1.93. The standard InChI is InChI=1S/C15H23FN2O/c1-2-18-9-3-4-14(18)10-17-11-15(19)12-5-7-13(16)8-6-12/h5-8,14-15,17,19H,2-4,9-11H2,1H3. The lowest BCUT2D eigenvalue weighted by Crippen LogP contribution is -2.39. The first-order chi connectivity index (χ1) is 9.20. The minimum atomic E-state index is -0.572. The lowest BCUT2D eigenvalue weighted by atomic mass is 10.1. The molecule has 2 unspecified atom stereocenters. The summed E-state index contributed by atoms with van der Waals surface area (Å²) in [6.45, 7) is 5.88. The molecule has 2 rings (SSSR count). The van der Waals surface area contributed by atoms with Gasteiger partial charge in [0.05, 0.1) is 6.10 Å². The van der Waals surface area contributed by atoms with Crippen LogP contribution in [-0.4, -0.2) is 42.2 Å². The Morgan fingerprint density at radius 1 is 1.42 bits per heavy atom. The van der Waals surface area contributed by atoms with Gasteiger partial charge in [-0.2, -0.15) is 0 Å². The van der Waals surface area contributed by atoms with Crippen LogP contribution in [0.1, 0.15) is 31.4 Å². The van der Waals surface area contributed by atoms with Gasteiger partial charge in [-0.25, -0.2) is 4.39 Å². The van der Waals surface area contributed by atoms with Crippen molar-refractivity contribution in [2.45, 2.75) is 31.9 Å². The minimum absolute atomic E-state index is 0.270. The second-order valence-electron chi connectivity index (χ2n) is 5.15. The van der Waals surface area contributed by atoms with Crippen molar-refractivity contribution in [3.8, 4) is 0 Å². The first-order valence-electron chi connectivity index (χ1n) is 7.09. The summed E-state index contributed by atoms with van der Waals surface area (Å²) in [5, 5.41) is 13.3. The first-order valence-corrected chi connectivity index (χ1v) is 7.09. The number of nitrogens with zero attached hydrogens (tertiary/aromatic N) is 1. The van der Waals surface area contributed by atoms with Gasteiger partial charge in [0.15, 0.2) is 0 Å². The molecule has 106 valence electrons. The minimum Gasteiger partial charge on any atom is -0.387 e. The van der Waals surface area contributed by atoms with Crippen molar-refractivity contribution < 1.29 is 9.50 Å². The number of rotatable bonds is 6. The average molecular weight is 266 g/mol. The fourth-order valence-corrected chi connectivity index (χ4v) is 2.73. The number of likely N-dealkylation sites (N-methyl/N-ethyl adjacent to an activating group) is 1. The first kappa shape index (κ1) is 14.4. The van der Waals surface area contributed by atoms with Crippen LogP contribution in [0.3, 0.4) is 0 Å². The highest BCUT2D eigenvalue weighted by Crippen LogP contribution is 2.16. The molecule has 0 aromatic heterocycles. The SMILES string of the molecule is CCN1CCCC1CNCC(O)c1ccc(F)cc1. The van der Waals surface area contributed by atoms with Gasteiger partial charge in [0.25, 0.3) is 0 Å². The molecule has 19 heavy (non-hydrogen) atoms. The van der Waals surface area contributed by atoms with Gasteiger partial charge < -0.3 is 10.4 Å². The van der Waals surface area contributed by atoms with Crippen molar-refractivity contribution >= 4 is 0 Å². The summed E-state index contributed by atoms with van der Waals surface area (Å²) in [4.78, 5) is 2.47. The van der Waals surface area contributed by atoms with Gasteiger partial charge in [-0.3, -0.25) is 4.90 Å².